The Morgan fingerprint density at radius 3 is 2.69 bits per heavy atom. The summed E-state index contributed by atoms with van der Waals surface area (Å²) in [5.41, 5.74) is 1.70. The molecule has 4 heterocycles. The Morgan fingerprint density at radius 1 is 1.21 bits per heavy atom. The molecule has 0 saturated carbocycles. The molecule has 0 aliphatic heterocycles. The summed E-state index contributed by atoms with van der Waals surface area (Å²) >= 11 is 1.43. The average molecular weight is 410 g/mol. The molecule has 0 fully saturated rings. The molecule has 9 nitrogen and oxygen atoms in total. The molecule has 0 saturated heterocycles. The van der Waals surface area contributed by atoms with Crippen molar-refractivity contribution in [2.24, 2.45) is 0 Å². The van der Waals surface area contributed by atoms with Crippen LogP contribution in [0.3, 0.4) is 0 Å². The van der Waals surface area contributed by atoms with E-state index in [0.717, 1.165) is 21.3 Å². The van der Waals surface area contributed by atoms with Crippen LogP contribution in [0, 0.1) is 20.8 Å². The third-order valence-electron chi connectivity index (χ3n) is 4.39. The van der Waals surface area contributed by atoms with Crippen molar-refractivity contribution in [1.82, 2.24) is 24.7 Å². The highest BCUT2D eigenvalue weighted by Crippen LogP contribution is 2.29. The molecule has 0 aliphatic carbocycles. The van der Waals surface area contributed by atoms with Crippen LogP contribution in [0.4, 0.5) is 6.01 Å². The molecule has 0 atom stereocenters. The Bertz CT molecular complexity index is 1300. The second-order valence-corrected chi connectivity index (χ2v) is 7.70. The van der Waals surface area contributed by atoms with Crippen molar-refractivity contribution in [3.8, 4) is 10.8 Å². The van der Waals surface area contributed by atoms with Crippen LogP contribution in [0.1, 0.15) is 33.7 Å². The van der Waals surface area contributed by atoms with Crippen LogP contribution in [-0.2, 0) is 6.54 Å². The van der Waals surface area contributed by atoms with E-state index in [1.165, 1.54) is 17.5 Å². The summed E-state index contributed by atoms with van der Waals surface area (Å²) in [6.45, 7) is 8.06. The number of pyridine rings is 2. The Labute approximate surface area is 169 Å². The van der Waals surface area contributed by atoms with Gasteiger partial charge >= 0.3 is 6.01 Å². The number of carbonyl (C=O) groups is 1. The van der Waals surface area contributed by atoms with Crippen molar-refractivity contribution in [3.05, 3.63) is 50.5 Å². The molecule has 29 heavy (non-hydrogen) atoms. The molecule has 0 bridgehead atoms. The maximum atomic E-state index is 12.8. The molecule has 4 aromatic heterocycles. The van der Waals surface area contributed by atoms with E-state index in [4.69, 9.17) is 4.42 Å². The second-order valence-electron chi connectivity index (χ2n) is 6.50. The van der Waals surface area contributed by atoms with Crippen LogP contribution in [0.25, 0.3) is 21.8 Å². The molecule has 0 radical (unpaired) electrons. The fraction of sp³-hybridized carbons (Fsp3) is 0.263. The topological polar surface area (TPSA) is 116 Å². The maximum Gasteiger partial charge on any atom is 0.322 e. The molecule has 0 spiro atoms. The number of hydrogen-bond acceptors (Lipinski definition) is 8. The predicted octanol–water partition coefficient (Wildman–Crippen LogP) is 3.10. The number of nitrogens with one attached hydrogen (secondary N) is 1. The first-order valence-corrected chi connectivity index (χ1v) is 9.79. The summed E-state index contributed by atoms with van der Waals surface area (Å²) in [7, 11) is 0. The number of rotatable bonds is 4. The second kappa shape index (κ2) is 7.21. The van der Waals surface area contributed by atoms with Crippen LogP contribution in [0.5, 0.6) is 0 Å². The summed E-state index contributed by atoms with van der Waals surface area (Å²) in [6, 6.07) is 3.34. The lowest BCUT2D eigenvalue weighted by Gasteiger charge is -2.10. The zero-order valence-corrected chi connectivity index (χ0v) is 17.1. The van der Waals surface area contributed by atoms with Gasteiger partial charge in [0, 0.05) is 18.4 Å². The minimum absolute atomic E-state index is 0.0189. The summed E-state index contributed by atoms with van der Waals surface area (Å²) in [5, 5.41) is 11.6. The highest BCUT2D eigenvalue weighted by molar-refractivity contribution is 7.15. The Kier molecular flexibility index (Phi) is 4.71. The van der Waals surface area contributed by atoms with Gasteiger partial charge in [-0.3, -0.25) is 14.9 Å². The van der Waals surface area contributed by atoms with Crippen LogP contribution in [0.2, 0.25) is 0 Å². The van der Waals surface area contributed by atoms with Gasteiger partial charge in [-0.25, -0.2) is 9.97 Å². The SMILES string of the molecule is CCn1cc(C(=O)Nc2nnc(-c3sc(C)nc3C)o2)c(=O)c2ccc(C)nc21. The number of aryl methyl sites for hydroxylation is 4. The molecule has 4 aromatic rings. The van der Waals surface area contributed by atoms with E-state index in [1.807, 2.05) is 27.7 Å². The highest BCUT2D eigenvalue weighted by Gasteiger charge is 2.20. The van der Waals surface area contributed by atoms with Crippen LogP contribution >= 0.6 is 11.3 Å². The van der Waals surface area contributed by atoms with Gasteiger partial charge in [-0.1, -0.05) is 5.10 Å². The van der Waals surface area contributed by atoms with Crippen molar-refractivity contribution in [1.29, 1.82) is 0 Å². The quantitative estimate of drug-likeness (QED) is 0.549. The molecule has 0 unspecified atom stereocenters. The van der Waals surface area contributed by atoms with E-state index in [-0.39, 0.29) is 17.5 Å². The molecular weight excluding hydrogens is 392 g/mol. The Balaban J connectivity index is 1.68. The lowest BCUT2D eigenvalue weighted by Crippen LogP contribution is -2.24. The first kappa shape index (κ1) is 18.9. The number of carbonyl (C=O) groups excluding carboxylic acids is 1. The number of amides is 1. The van der Waals surface area contributed by atoms with Crippen molar-refractivity contribution in [3.63, 3.8) is 0 Å². The predicted molar refractivity (Wildman–Crippen MR) is 109 cm³/mol. The minimum Gasteiger partial charge on any atom is -0.402 e. The molecule has 4 rings (SSSR count). The third-order valence-corrected chi connectivity index (χ3v) is 5.45. The van der Waals surface area contributed by atoms with Gasteiger partial charge in [0.15, 0.2) is 0 Å². The van der Waals surface area contributed by atoms with Crippen molar-refractivity contribution in [2.75, 3.05) is 5.32 Å². The largest absolute Gasteiger partial charge is 0.402 e. The lowest BCUT2D eigenvalue weighted by molar-refractivity contribution is 0.102. The van der Waals surface area contributed by atoms with E-state index >= 15 is 0 Å². The average Bonchev–Trinajstić information content (AvgIpc) is 3.27. The van der Waals surface area contributed by atoms with Gasteiger partial charge in [-0.2, -0.15) is 0 Å². The number of anilines is 1. The first-order chi connectivity index (χ1) is 13.9. The van der Waals surface area contributed by atoms with E-state index in [0.29, 0.717) is 17.6 Å². The van der Waals surface area contributed by atoms with Gasteiger partial charge in [0.1, 0.15) is 16.1 Å². The zero-order chi connectivity index (χ0) is 20.7. The van der Waals surface area contributed by atoms with Crippen molar-refractivity contribution >= 4 is 34.3 Å². The number of fused-ring (bicyclic) bond motifs is 1. The summed E-state index contributed by atoms with van der Waals surface area (Å²) in [5.74, 6) is -0.348. The first-order valence-electron chi connectivity index (χ1n) is 8.97. The minimum atomic E-state index is -0.618. The Hall–Kier alpha value is -3.40. The molecule has 10 heteroatoms. The third kappa shape index (κ3) is 3.42. The van der Waals surface area contributed by atoms with Gasteiger partial charge in [-0.15, -0.1) is 16.4 Å². The van der Waals surface area contributed by atoms with E-state index in [9.17, 15) is 9.59 Å². The molecule has 148 valence electrons. The normalized spacial score (nSPS) is 11.2. The smallest absolute Gasteiger partial charge is 0.322 e. The van der Waals surface area contributed by atoms with Crippen LogP contribution < -0.4 is 10.7 Å². The molecule has 0 aliphatic rings. The van der Waals surface area contributed by atoms with Gasteiger partial charge in [0.25, 0.3) is 11.8 Å². The van der Waals surface area contributed by atoms with Gasteiger partial charge in [-0.05, 0) is 39.8 Å². The van der Waals surface area contributed by atoms with Crippen LogP contribution in [0.15, 0.2) is 27.5 Å². The number of aromatic nitrogens is 5. The number of thiazole rings is 1. The number of nitrogens with zero attached hydrogens (tertiary/aromatic N) is 5. The summed E-state index contributed by atoms with van der Waals surface area (Å²) in [4.78, 5) is 35.1. The standard InChI is InChI=1S/C19H18N6O3S/c1-5-25-8-13(14(26)12-7-6-9(2)20-16(12)25)17(27)22-19-24-23-18(28-19)15-10(3)21-11(4)29-15/h6-8H,5H2,1-4H3,(H,22,24,27). The van der Waals surface area contributed by atoms with Crippen LogP contribution in [-0.4, -0.2) is 30.6 Å². The highest BCUT2D eigenvalue weighted by atomic mass is 32.1. The fourth-order valence-electron chi connectivity index (χ4n) is 3.02. The van der Waals surface area contributed by atoms with E-state index in [2.05, 4.69) is 25.5 Å². The van der Waals surface area contributed by atoms with Gasteiger partial charge in [0.2, 0.25) is 5.43 Å². The Morgan fingerprint density at radius 2 is 2.00 bits per heavy atom. The van der Waals surface area contributed by atoms with E-state index < -0.39 is 11.3 Å². The van der Waals surface area contributed by atoms with E-state index in [1.54, 1.807) is 16.7 Å². The molecule has 1 amide bonds. The summed E-state index contributed by atoms with van der Waals surface area (Å²) in [6.07, 6.45) is 1.50. The van der Waals surface area contributed by atoms with Crippen molar-refractivity contribution in [2.45, 2.75) is 34.2 Å². The lowest BCUT2D eigenvalue weighted by atomic mass is 10.1. The van der Waals surface area contributed by atoms with Gasteiger partial charge < -0.3 is 8.98 Å². The zero-order valence-electron chi connectivity index (χ0n) is 16.3. The van der Waals surface area contributed by atoms with Gasteiger partial charge in [0.05, 0.1) is 16.1 Å². The van der Waals surface area contributed by atoms with Crippen molar-refractivity contribution < 1.29 is 9.21 Å². The molecule has 1 N–H and O–H groups in total. The number of hydrogen-bond donors (Lipinski definition) is 1. The maximum absolute atomic E-state index is 12.8. The molecular formula is C19H18N6O3S. The monoisotopic (exact) mass is 410 g/mol. The molecule has 0 aromatic carbocycles. The summed E-state index contributed by atoms with van der Waals surface area (Å²) < 4.78 is 7.32. The fourth-order valence-corrected chi connectivity index (χ4v) is 3.86.